The van der Waals surface area contributed by atoms with E-state index < -0.39 is 0 Å². The summed E-state index contributed by atoms with van der Waals surface area (Å²) in [5.74, 6) is 0. The van der Waals surface area contributed by atoms with Crippen LogP contribution < -0.4 is 16.4 Å². The molecule has 0 bridgehead atoms. The zero-order valence-corrected chi connectivity index (χ0v) is 13.5. The number of nitrogens with two attached hydrogens (primary N) is 1. The Morgan fingerprint density at radius 2 is 1.83 bits per heavy atom. The Labute approximate surface area is 136 Å². The summed E-state index contributed by atoms with van der Waals surface area (Å²) in [5, 5.41) is 5.69. The van der Waals surface area contributed by atoms with E-state index in [2.05, 4.69) is 10.6 Å². The van der Waals surface area contributed by atoms with Crippen molar-refractivity contribution in [2.24, 2.45) is 5.73 Å². The molecule has 2 aromatic rings. The molecule has 4 N–H and O–H groups in total. The van der Waals surface area contributed by atoms with Crippen LogP contribution in [0.3, 0.4) is 0 Å². The van der Waals surface area contributed by atoms with Gasteiger partial charge >= 0.3 is 6.03 Å². The molecule has 0 saturated heterocycles. The zero-order valence-electron chi connectivity index (χ0n) is 13.5. The molecule has 1 unspecified atom stereocenters. The molecule has 0 aliphatic rings. The summed E-state index contributed by atoms with van der Waals surface area (Å²) in [6.07, 6.45) is 0.746. The highest BCUT2D eigenvalue weighted by Crippen LogP contribution is 2.17. The van der Waals surface area contributed by atoms with Crippen molar-refractivity contribution in [1.82, 2.24) is 0 Å². The van der Waals surface area contributed by atoms with Gasteiger partial charge in [0.15, 0.2) is 0 Å². The van der Waals surface area contributed by atoms with Crippen LogP contribution in [-0.2, 0) is 11.2 Å². The summed E-state index contributed by atoms with van der Waals surface area (Å²) in [7, 11) is 1.66. The van der Waals surface area contributed by atoms with Crippen molar-refractivity contribution >= 4 is 17.4 Å². The molecule has 0 radical (unpaired) electrons. The van der Waals surface area contributed by atoms with Crippen molar-refractivity contribution in [2.75, 3.05) is 24.4 Å². The van der Waals surface area contributed by atoms with E-state index in [0.717, 1.165) is 28.9 Å². The zero-order chi connectivity index (χ0) is 16.7. The Kier molecular flexibility index (Phi) is 6.14. The highest BCUT2D eigenvalue weighted by Gasteiger charge is 2.07. The van der Waals surface area contributed by atoms with Crippen LogP contribution in [-0.4, -0.2) is 19.7 Å². The summed E-state index contributed by atoms with van der Waals surface area (Å²) < 4.78 is 5.09. The van der Waals surface area contributed by atoms with Gasteiger partial charge in [-0.15, -0.1) is 0 Å². The Bertz CT molecular complexity index is 639. The lowest BCUT2D eigenvalue weighted by Gasteiger charge is -2.12. The third-order valence-corrected chi connectivity index (χ3v) is 3.54. The predicted molar refractivity (Wildman–Crippen MR) is 93.7 cm³/mol. The predicted octanol–water partition coefficient (Wildman–Crippen LogP) is 3.54. The number of nitrogens with one attached hydrogen (secondary N) is 2. The molecule has 0 saturated carbocycles. The first-order chi connectivity index (χ1) is 11.1. The number of amides is 2. The molecule has 1 atom stereocenters. The van der Waals surface area contributed by atoms with Gasteiger partial charge in [0.05, 0.1) is 6.61 Å². The van der Waals surface area contributed by atoms with Gasteiger partial charge in [0.2, 0.25) is 0 Å². The van der Waals surface area contributed by atoms with Crippen LogP contribution in [0.5, 0.6) is 0 Å². The van der Waals surface area contributed by atoms with E-state index in [-0.39, 0.29) is 12.1 Å². The van der Waals surface area contributed by atoms with E-state index in [0.29, 0.717) is 6.61 Å². The van der Waals surface area contributed by atoms with Crippen molar-refractivity contribution in [1.29, 1.82) is 0 Å². The van der Waals surface area contributed by atoms with Crippen LogP contribution in [0, 0.1) is 0 Å². The van der Waals surface area contributed by atoms with Crippen molar-refractivity contribution in [3.63, 3.8) is 0 Å². The van der Waals surface area contributed by atoms with Gasteiger partial charge in [0.1, 0.15) is 0 Å². The number of carbonyl (C=O) groups excluding carboxylic acids is 1. The average molecular weight is 313 g/mol. The lowest BCUT2D eigenvalue weighted by Crippen LogP contribution is -2.20. The van der Waals surface area contributed by atoms with Crippen molar-refractivity contribution in [3.05, 3.63) is 59.7 Å². The second-order valence-electron chi connectivity index (χ2n) is 5.39. The van der Waals surface area contributed by atoms with Gasteiger partial charge in [-0.25, -0.2) is 4.79 Å². The van der Waals surface area contributed by atoms with E-state index in [9.17, 15) is 4.79 Å². The molecule has 5 heteroatoms. The molecule has 0 aliphatic carbocycles. The number of ether oxygens (including phenoxy) is 1. The molecule has 2 amide bonds. The molecule has 2 aromatic carbocycles. The number of hydrogen-bond donors (Lipinski definition) is 3. The maximum atomic E-state index is 12.1. The van der Waals surface area contributed by atoms with E-state index >= 15 is 0 Å². The van der Waals surface area contributed by atoms with E-state index in [1.165, 1.54) is 0 Å². The number of rotatable bonds is 6. The highest BCUT2D eigenvalue weighted by atomic mass is 16.5. The largest absolute Gasteiger partial charge is 0.384 e. The van der Waals surface area contributed by atoms with Crippen molar-refractivity contribution < 1.29 is 9.53 Å². The first kappa shape index (κ1) is 17.0. The number of anilines is 2. The minimum Gasteiger partial charge on any atom is -0.384 e. The molecule has 0 fully saturated rings. The number of para-hydroxylation sites is 1. The molecular formula is C18H23N3O2. The summed E-state index contributed by atoms with van der Waals surface area (Å²) in [4.78, 5) is 12.1. The summed E-state index contributed by atoms with van der Waals surface area (Å²) in [6, 6.07) is 14.9. The monoisotopic (exact) mass is 313 g/mol. The van der Waals surface area contributed by atoms with Crippen molar-refractivity contribution in [2.45, 2.75) is 19.4 Å². The van der Waals surface area contributed by atoms with Gasteiger partial charge in [-0.3, -0.25) is 0 Å². The van der Waals surface area contributed by atoms with Gasteiger partial charge in [-0.2, -0.15) is 0 Å². The lowest BCUT2D eigenvalue weighted by atomic mass is 10.1. The molecule has 23 heavy (non-hydrogen) atoms. The van der Waals surface area contributed by atoms with E-state index in [4.69, 9.17) is 10.5 Å². The second-order valence-corrected chi connectivity index (χ2v) is 5.39. The molecular weight excluding hydrogens is 290 g/mol. The third kappa shape index (κ3) is 5.09. The Morgan fingerprint density at radius 3 is 2.48 bits per heavy atom. The Hall–Kier alpha value is -2.37. The number of carbonyl (C=O) groups is 1. The van der Waals surface area contributed by atoms with Gasteiger partial charge in [0, 0.05) is 24.5 Å². The number of hydrogen-bond acceptors (Lipinski definition) is 3. The molecule has 0 spiro atoms. The van der Waals surface area contributed by atoms with Gasteiger partial charge in [-0.1, -0.05) is 30.3 Å². The van der Waals surface area contributed by atoms with Crippen LogP contribution in [0.15, 0.2) is 48.5 Å². The SMILES string of the molecule is COCCc1ccccc1NC(=O)Nc1ccc(C(C)N)cc1. The van der Waals surface area contributed by atoms with Crippen molar-refractivity contribution in [3.8, 4) is 0 Å². The number of methoxy groups -OCH3 is 1. The number of urea groups is 1. The molecule has 5 nitrogen and oxygen atoms in total. The first-order valence-electron chi connectivity index (χ1n) is 7.60. The first-order valence-corrected chi connectivity index (χ1v) is 7.60. The normalized spacial score (nSPS) is 11.8. The summed E-state index contributed by atoms with van der Waals surface area (Å²) >= 11 is 0. The van der Waals surface area contributed by atoms with Crippen LogP contribution in [0.1, 0.15) is 24.1 Å². The second kappa shape index (κ2) is 8.31. The molecule has 122 valence electrons. The number of benzene rings is 2. The smallest absolute Gasteiger partial charge is 0.323 e. The van der Waals surface area contributed by atoms with Gasteiger partial charge in [-0.05, 0) is 42.7 Å². The molecule has 0 heterocycles. The summed E-state index contributed by atoms with van der Waals surface area (Å²) in [6.45, 7) is 2.53. The standard InChI is InChI=1S/C18H23N3O2/c1-13(19)14-7-9-16(10-8-14)20-18(22)21-17-6-4-3-5-15(17)11-12-23-2/h3-10,13H,11-12,19H2,1-2H3,(H2,20,21,22). The summed E-state index contributed by atoms with van der Waals surface area (Å²) in [5.41, 5.74) is 9.39. The quantitative estimate of drug-likeness (QED) is 0.763. The Morgan fingerprint density at radius 1 is 1.13 bits per heavy atom. The van der Waals surface area contributed by atoms with Crippen LogP contribution in [0.4, 0.5) is 16.2 Å². The van der Waals surface area contributed by atoms with Gasteiger partial charge < -0.3 is 21.1 Å². The van der Waals surface area contributed by atoms with E-state index in [1.807, 2.05) is 55.5 Å². The third-order valence-electron chi connectivity index (χ3n) is 3.54. The minimum absolute atomic E-state index is 0.0226. The fourth-order valence-corrected chi connectivity index (χ4v) is 2.23. The maximum absolute atomic E-state index is 12.1. The maximum Gasteiger partial charge on any atom is 0.323 e. The van der Waals surface area contributed by atoms with Crippen LogP contribution in [0.25, 0.3) is 0 Å². The average Bonchev–Trinajstić information content (AvgIpc) is 2.54. The Balaban J connectivity index is 1.99. The van der Waals surface area contributed by atoms with E-state index in [1.54, 1.807) is 7.11 Å². The topological polar surface area (TPSA) is 76.4 Å². The van der Waals surface area contributed by atoms with Crippen LogP contribution in [0.2, 0.25) is 0 Å². The molecule has 0 aromatic heterocycles. The lowest BCUT2D eigenvalue weighted by molar-refractivity contribution is 0.202. The minimum atomic E-state index is -0.275. The molecule has 2 rings (SSSR count). The van der Waals surface area contributed by atoms with Gasteiger partial charge in [0.25, 0.3) is 0 Å². The molecule has 0 aliphatic heterocycles. The highest BCUT2D eigenvalue weighted by molar-refractivity contribution is 6.00. The fourth-order valence-electron chi connectivity index (χ4n) is 2.23. The van der Waals surface area contributed by atoms with Crippen LogP contribution >= 0.6 is 0 Å². The fraction of sp³-hybridized carbons (Fsp3) is 0.278.